The van der Waals surface area contributed by atoms with Gasteiger partial charge in [0.15, 0.2) is 5.41 Å². The summed E-state index contributed by atoms with van der Waals surface area (Å²) >= 11 is 0. The largest absolute Gasteiger partial charge is 0.402 e. The van der Waals surface area contributed by atoms with Crippen molar-refractivity contribution in [3.63, 3.8) is 0 Å². The van der Waals surface area contributed by atoms with Crippen LogP contribution in [-0.4, -0.2) is 47.5 Å². The second-order valence-electron chi connectivity index (χ2n) is 7.17. The van der Waals surface area contributed by atoms with Gasteiger partial charge in [-0.3, -0.25) is 0 Å². The van der Waals surface area contributed by atoms with E-state index >= 15 is 0 Å². The summed E-state index contributed by atoms with van der Waals surface area (Å²) in [7, 11) is 0.583. The van der Waals surface area contributed by atoms with E-state index in [4.69, 9.17) is 0 Å². The van der Waals surface area contributed by atoms with Gasteiger partial charge in [-0.25, -0.2) is 8.42 Å². The lowest BCUT2D eigenvalue weighted by atomic mass is 9.92. The van der Waals surface area contributed by atoms with Crippen molar-refractivity contribution in [3.8, 4) is 0 Å². The van der Waals surface area contributed by atoms with Gasteiger partial charge in [0.1, 0.15) is 9.84 Å². The molecule has 0 atom stereocenters. The van der Waals surface area contributed by atoms with Crippen molar-refractivity contribution in [2.75, 3.05) is 26.7 Å². The predicted octanol–water partition coefficient (Wildman–Crippen LogP) is 5.11. The minimum absolute atomic E-state index is 0.104. The Hall–Kier alpha value is -0.510. The molecule has 0 bridgehead atoms. The monoisotopic (exact) mass is 392 g/mol. The summed E-state index contributed by atoms with van der Waals surface area (Å²) in [5.41, 5.74) is -3.12. The van der Waals surface area contributed by atoms with E-state index < -0.39 is 27.6 Å². The zero-order valence-corrected chi connectivity index (χ0v) is 16.7. The smallest absolute Gasteiger partial charge is 0.388 e. The van der Waals surface area contributed by atoms with Crippen LogP contribution in [0.15, 0.2) is 0 Å². The van der Waals surface area contributed by atoms with Crippen LogP contribution in [0.4, 0.5) is 26.3 Å². The maximum absolute atomic E-state index is 11.6. The van der Waals surface area contributed by atoms with Crippen LogP contribution < -0.4 is 0 Å². The Balaban J connectivity index is -0.000000129. The highest BCUT2D eigenvalue weighted by atomic mass is 32.2. The van der Waals surface area contributed by atoms with Crippen molar-refractivity contribution < 1.29 is 39.5 Å². The first kappa shape index (κ1) is 31.3. The first-order valence-electron chi connectivity index (χ1n) is 6.60. The second-order valence-corrected chi connectivity index (χ2v) is 9.46. The number of ether oxygens (including phenoxy) is 1. The quantitative estimate of drug-likeness (QED) is 0.538. The van der Waals surface area contributed by atoms with Crippen LogP contribution in [0.2, 0.25) is 0 Å². The molecule has 0 heterocycles. The van der Waals surface area contributed by atoms with Crippen LogP contribution >= 0.6 is 0 Å². The second kappa shape index (κ2) is 11.2. The lowest BCUT2D eigenvalue weighted by Crippen LogP contribution is -2.44. The minimum atomic E-state index is -5.24. The van der Waals surface area contributed by atoms with Gasteiger partial charge in [-0.1, -0.05) is 27.7 Å². The number of rotatable bonds is 0. The van der Waals surface area contributed by atoms with Gasteiger partial charge in [-0.05, 0) is 19.3 Å². The molecule has 10 heteroatoms. The van der Waals surface area contributed by atoms with Crippen LogP contribution in [0.3, 0.4) is 0 Å². The van der Waals surface area contributed by atoms with E-state index in [1.807, 2.05) is 0 Å². The third-order valence-corrected chi connectivity index (χ3v) is 1.42. The summed E-state index contributed by atoms with van der Waals surface area (Å²) in [6.45, 7) is 8.96. The standard InChI is InChI=1S/C5H6F6.C5H12.C2H6O2S.C2H6O/c1-3(2,4(6,7)8)5(9,10)11;2*1-5(2,3)4;1-3-2/h1-2H3;1-4H3;1-2H3;1-2H3. The highest BCUT2D eigenvalue weighted by molar-refractivity contribution is 7.89. The molecule has 0 aromatic heterocycles. The molecule has 0 aromatic rings. The number of alkyl halides is 6. The van der Waals surface area contributed by atoms with E-state index in [1.165, 1.54) is 0 Å². The number of sulfone groups is 1. The first-order valence-corrected chi connectivity index (χ1v) is 8.90. The van der Waals surface area contributed by atoms with Gasteiger partial charge in [0.2, 0.25) is 0 Å². The van der Waals surface area contributed by atoms with Crippen LogP contribution in [0, 0.1) is 10.8 Å². The molecule has 0 radical (unpaired) electrons. The average Bonchev–Trinajstić information content (AvgIpc) is 2.08. The topological polar surface area (TPSA) is 43.4 Å². The van der Waals surface area contributed by atoms with E-state index in [9.17, 15) is 34.8 Å². The molecule has 0 saturated heterocycles. The van der Waals surface area contributed by atoms with Gasteiger partial charge >= 0.3 is 12.4 Å². The highest BCUT2D eigenvalue weighted by Gasteiger charge is 2.64. The molecule has 0 aliphatic carbocycles. The molecular formula is C14H30F6O3S. The molecule has 0 unspecified atom stereocenters. The van der Waals surface area contributed by atoms with E-state index in [2.05, 4.69) is 32.4 Å². The Morgan fingerprint density at radius 1 is 0.667 bits per heavy atom. The van der Waals surface area contributed by atoms with Crippen molar-refractivity contribution in [1.29, 1.82) is 0 Å². The van der Waals surface area contributed by atoms with Gasteiger partial charge in [-0.2, -0.15) is 26.3 Å². The van der Waals surface area contributed by atoms with Crippen molar-refractivity contribution in [1.82, 2.24) is 0 Å². The van der Waals surface area contributed by atoms with E-state index in [1.54, 1.807) is 14.2 Å². The van der Waals surface area contributed by atoms with Crippen LogP contribution in [0.25, 0.3) is 0 Å². The summed E-state index contributed by atoms with van der Waals surface area (Å²) in [4.78, 5) is 0. The maximum Gasteiger partial charge on any atom is 0.402 e. The van der Waals surface area contributed by atoms with Crippen molar-refractivity contribution in [3.05, 3.63) is 0 Å². The molecule has 0 saturated carbocycles. The van der Waals surface area contributed by atoms with E-state index in [0.29, 0.717) is 5.41 Å². The molecule has 3 nitrogen and oxygen atoms in total. The predicted molar refractivity (Wildman–Crippen MR) is 84.7 cm³/mol. The molecule has 0 aliphatic rings. The van der Waals surface area contributed by atoms with Crippen LogP contribution in [0.1, 0.15) is 41.5 Å². The molecule has 0 fully saturated rings. The summed E-state index contributed by atoms with van der Waals surface area (Å²) in [6.07, 6.45) is -8.17. The van der Waals surface area contributed by atoms with Gasteiger partial charge < -0.3 is 4.74 Å². The van der Waals surface area contributed by atoms with Gasteiger partial charge in [-0.15, -0.1) is 0 Å². The normalized spacial score (nSPS) is 12.7. The van der Waals surface area contributed by atoms with Gasteiger partial charge in [0.25, 0.3) is 0 Å². The lowest BCUT2D eigenvalue weighted by Gasteiger charge is -2.29. The Morgan fingerprint density at radius 3 is 0.750 bits per heavy atom. The molecule has 0 aromatic carbocycles. The molecule has 0 aliphatic heterocycles. The Morgan fingerprint density at radius 2 is 0.750 bits per heavy atom. The van der Waals surface area contributed by atoms with E-state index in [0.717, 1.165) is 12.5 Å². The summed E-state index contributed by atoms with van der Waals surface area (Å²) in [6, 6.07) is 0. The first-order chi connectivity index (χ1) is 9.91. The fourth-order valence-corrected chi connectivity index (χ4v) is 0.161. The molecule has 0 spiro atoms. The molecule has 24 heavy (non-hydrogen) atoms. The molecule has 0 amide bonds. The number of methoxy groups -OCH3 is 1. The van der Waals surface area contributed by atoms with Gasteiger partial charge in [0, 0.05) is 26.7 Å². The fourth-order valence-electron chi connectivity index (χ4n) is 0.161. The summed E-state index contributed by atoms with van der Waals surface area (Å²) in [5.74, 6) is 0. The summed E-state index contributed by atoms with van der Waals surface area (Å²) < 4.78 is 93.2. The molecule has 152 valence electrons. The van der Waals surface area contributed by atoms with Gasteiger partial charge in [0.05, 0.1) is 0 Å². The SMILES string of the molecule is CC(C)(C(F)(F)F)C(F)(F)F.CC(C)(C)C.COC.CS(C)(=O)=O. The van der Waals surface area contributed by atoms with Crippen molar-refractivity contribution in [2.24, 2.45) is 10.8 Å². The van der Waals surface area contributed by atoms with E-state index in [-0.39, 0.29) is 13.8 Å². The van der Waals surface area contributed by atoms with Crippen molar-refractivity contribution >= 4 is 9.84 Å². The maximum atomic E-state index is 11.6. The molecular weight excluding hydrogens is 362 g/mol. The number of halogens is 6. The number of hydrogen-bond donors (Lipinski definition) is 0. The van der Waals surface area contributed by atoms with Crippen molar-refractivity contribution in [2.45, 2.75) is 53.9 Å². The Labute approximate surface area is 141 Å². The number of hydrogen-bond acceptors (Lipinski definition) is 3. The van der Waals surface area contributed by atoms with Crippen LogP contribution in [-0.2, 0) is 14.6 Å². The third kappa shape index (κ3) is 29.5. The minimum Gasteiger partial charge on any atom is -0.388 e. The fraction of sp³-hybridized carbons (Fsp3) is 1.00. The molecule has 0 N–H and O–H groups in total. The van der Waals surface area contributed by atoms with Crippen LogP contribution in [0.5, 0.6) is 0 Å². The average molecular weight is 392 g/mol. The molecule has 0 rings (SSSR count). The summed E-state index contributed by atoms with van der Waals surface area (Å²) in [5, 5.41) is 0. The Kier molecular flexibility index (Phi) is 14.6. The third-order valence-electron chi connectivity index (χ3n) is 1.42. The highest BCUT2D eigenvalue weighted by Crippen LogP contribution is 2.49. The lowest BCUT2D eigenvalue weighted by molar-refractivity contribution is -0.327. The zero-order valence-electron chi connectivity index (χ0n) is 15.9. The Bertz CT molecular complexity index is 374. The zero-order chi connectivity index (χ0) is 21.2.